The molecule has 112 valence electrons. The smallest absolute Gasteiger partial charge is 0.381 e. The Hall–Kier alpha value is -0.750. The predicted octanol–water partition coefficient (Wildman–Crippen LogP) is 4.22. The molecular weight excluding hydrogens is 335 g/mol. The molecule has 1 fully saturated rings. The lowest BCUT2D eigenvalue weighted by Crippen LogP contribution is -2.36. The Morgan fingerprint density at radius 2 is 1.95 bits per heavy atom. The molecule has 0 aromatic heterocycles. The van der Waals surface area contributed by atoms with Crippen LogP contribution in [-0.2, 0) is 16.2 Å². The maximum atomic E-state index is 13.0. The van der Waals surface area contributed by atoms with Gasteiger partial charge in [-0.2, -0.15) is 13.2 Å². The highest BCUT2D eigenvalue weighted by Gasteiger charge is 2.34. The van der Waals surface area contributed by atoms with Gasteiger partial charge in [-0.25, -0.2) is 0 Å². The van der Waals surface area contributed by atoms with Gasteiger partial charge in [0.05, 0.1) is 11.7 Å². The summed E-state index contributed by atoms with van der Waals surface area (Å²) in [6, 6.07) is 4.57. The van der Waals surface area contributed by atoms with Crippen LogP contribution < -0.4 is 4.90 Å². The lowest BCUT2D eigenvalue weighted by Gasteiger charge is -2.33. The van der Waals surface area contributed by atoms with Crippen LogP contribution in [0.1, 0.15) is 24.0 Å². The fraction of sp³-hybridized carbons (Fsp3) is 0.571. The van der Waals surface area contributed by atoms with Crippen molar-refractivity contribution >= 4 is 21.6 Å². The van der Waals surface area contributed by atoms with Crippen molar-refractivity contribution in [1.82, 2.24) is 0 Å². The summed E-state index contributed by atoms with van der Waals surface area (Å²) < 4.78 is 44.4. The molecule has 0 N–H and O–H groups in total. The van der Waals surface area contributed by atoms with Crippen LogP contribution in [0, 0.1) is 0 Å². The van der Waals surface area contributed by atoms with Gasteiger partial charge in [-0.05, 0) is 30.5 Å². The molecule has 0 radical (unpaired) electrons. The largest absolute Gasteiger partial charge is 0.416 e. The molecule has 0 atom stereocenters. The maximum Gasteiger partial charge on any atom is 0.416 e. The highest BCUT2D eigenvalue weighted by Crippen LogP contribution is 2.36. The summed E-state index contributed by atoms with van der Waals surface area (Å²) in [5, 5.41) is 0.202. The second-order valence-corrected chi connectivity index (χ2v) is 5.46. The number of ether oxygens (including phenoxy) is 1. The van der Waals surface area contributed by atoms with Crippen molar-refractivity contribution in [3.63, 3.8) is 0 Å². The standard InChI is InChI=1S/C14H17BrF3NO/c1-20-12-4-6-19(7-5-12)11-3-2-10(9-15)13(8-11)14(16,17)18/h2-3,8,12H,4-7,9H2,1H3. The van der Waals surface area contributed by atoms with Crippen molar-refractivity contribution in [2.45, 2.75) is 30.5 Å². The number of piperidine rings is 1. The van der Waals surface area contributed by atoms with Crippen LogP contribution >= 0.6 is 15.9 Å². The van der Waals surface area contributed by atoms with E-state index in [2.05, 4.69) is 15.9 Å². The molecule has 0 unspecified atom stereocenters. The van der Waals surface area contributed by atoms with Crippen molar-refractivity contribution in [3.05, 3.63) is 29.3 Å². The minimum atomic E-state index is -4.32. The molecule has 20 heavy (non-hydrogen) atoms. The summed E-state index contributed by atoms with van der Waals surface area (Å²) in [5.74, 6) is 0. The lowest BCUT2D eigenvalue weighted by molar-refractivity contribution is -0.138. The molecule has 2 nitrogen and oxygen atoms in total. The quantitative estimate of drug-likeness (QED) is 0.756. The summed E-state index contributed by atoms with van der Waals surface area (Å²) in [6.45, 7) is 1.45. The monoisotopic (exact) mass is 351 g/mol. The van der Waals surface area contributed by atoms with Crippen LogP contribution in [0.3, 0.4) is 0 Å². The Morgan fingerprint density at radius 3 is 2.45 bits per heavy atom. The van der Waals surface area contributed by atoms with Gasteiger partial charge < -0.3 is 9.64 Å². The van der Waals surface area contributed by atoms with Gasteiger partial charge in [-0.1, -0.05) is 22.0 Å². The van der Waals surface area contributed by atoms with Gasteiger partial charge in [0.1, 0.15) is 0 Å². The summed E-state index contributed by atoms with van der Waals surface area (Å²) in [6.07, 6.45) is -2.41. The number of halogens is 4. The van der Waals surface area contributed by atoms with Crippen LogP contribution in [0.25, 0.3) is 0 Å². The number of nitrogens with zero attached hydrogens (tertiary/aromatic N) is 1. The zero-order valence-corrected chi connectivity index (χ0v) is 12.8. The number of rotatable bonds is 3. The fourth-order valence-corrected chi connectivity index (χ4v) is 2.98. The van der Waals surface area contributed by atoms with Gasteiger partial charge in [-0.15, -0.1) is 0 Å². The first kappa shape index (κ1) is 15.6. The maximum absolute atomic E-state index is 13.0. The third-order valence-corrected chi connectivity index (χ3v) is 4.29. The topological polar surface area (TPSA) is 12.5 Å². The molecule has 1 heterocycles. The van der Waals surface area contributed by atoms with Crippen LogP contribution in [0.4, 0.5) is 18.9 Å². The van der Waals surface area contributed by atoms with Crippen molar-refractivity contribution in [2.75, 3.05) is 25.1 Å². The number of methoxy groups -OCH3 is 1. The SMILES string of the molecule is COC1CCN(c2ccc(CBr)c(C(F)(F)F)c2)CC1. The summed E-state index contributed by atoms with van der Waals surface area (Å²) in [7, 11) is 1.67. The highest BCUT2D eigenvalue weighted by molar-refractivity contribution is 9.08. The summed E-state index contributed by atoms with van der Waals surface area (Å²) in [5.41, 5.74) is 0.352. The molecule has 1 saturated heterocycles. The van der Waals surface area contributed by atoms with E-state index in [9.17, 15) is 13.2 Å². The Bertz CT molecular complexity index is 456. The van der Waals surface area contributed by atoms with Gasteiger partial charge in [0.15, 0.2) is 0 Å². The van der Waals surface area contributed by atoms with Gasteiger partial charge in [-0.3, -0.25) is 0 Å². The molecule has 0 spiro atoms. The Morgan fingerprint density at radius 1 is 1.30 bits per heavy atom. The van der Waals surface area contributed by atoms with Gasteiger partial charge in [0.2, 0.25) is 0 Å². The second kappa shape index (κ2) is 6.35. The molecule has 1 aromatic carbocycles. The number of benzene rings is 1. The average Bonchev–Trinajstić information content (AvgIpc) is 2.46. The molecule has 2 rings (SSSR count). The molecular formula is C14H17BrF3NO. The van der Waals surface area contributed by atoms with Gasteiger partial charge in [0.25, 0.3) is 0 Å². The molecule has 0 amide bonds. The molecule has 1 aliphatic heterocycles. The zero-order chi connectivity index (χ0) is 14.8. The number of hydrogen-bond acceptors (Lipinski definition) is 2. The molecule has 6 heteroatoms. The van der Waals surface area contributed by atoms with Crippen LogP contribution in [0.2, 0.25) is 0 Å². The number of anilines is 1. The van der Waals surface area contributed by atoms with E-state index in [-0.39, 0.29) is 17.0 Å². The van der Waals surface area contributed by atoms with E-state index >= 15 is 0 Å². The van der Waals surface area contributed by atoms with Crippen molar-refractivity contribution in [1.29, 1.82) is 0 Å². The van der Waals surface area contributed by atoms with E-state index in [1.807, 2.05) is 4.90 Å². The minimum Gasteiger partial charge on any atom is -0.381 e. The normalized spacial score (nSPS) is 17.6. The molecule has 0 saturated carbocycles. The first-order chi connectivity index (χ1) is 9.45. The Balaban J connectivity index is 2.21. The highest BCUT2D eigenvalue weighted by atomic mass is 79.9. The van der Waals surface area contributed by atoms with Crippen LogP contribution in [0.15, 0.2) is 18.2 Å². The minimum absolute atomic E-state index is 0.202. The summed E-state index contributed by atoms with van der Waals surface area (Å²) >= 11 is 3.11. The van der Waals surface area contributed by atoms with E-state index in [0.717, 1.165) is 25.9 Å². The lowest BCUT2D eigenvalue weighted by atomic mass is 10.0. The molecule has 0 aliphatic carbocycles. The first-order valence-corrected chi connectivity index (χ1v) is 7.61. The van der Waals surface area contributed by atoms with Gasteiger partial charge in [0, 0.05) is 31.2 Å². The zero-order valence-electron chi connectivity index (χ0n) is 11.2. The molecule has 1 aliphatic rings. The van der Waals surface area contributed by atoms with E-state index < -0.39 is 11.7 Å². The van der Waals surface area contributed by atoms with Crippen molar-refractivity contribution < 1.29 is 17.9 Å². The summed E-state index contributed by atoms with van der Waals surface area (Å²) in [4.78, 5) is 1.99. The predicted molar refractivity (Wildman–Crippen MR) is 76.3 cm³/mol. The van der Waals surface area contributed by atoms with Crippen molar-refractivity contribution in [2.24, 2.45) is 0 Å². The number of alkyl halides is 4. The molecule has 1 aromatic rings. The van der Waals surface area contributed by atoms with Crippen molar-refractivity contribution in [3.8, 4) is 0 Å². The van der Waals surface area contributed by atoms with Crippen LogP contribution in [-0.4, -0.2) is 26.3 Å². The average molecular weight is 352 g/mol. The van der Waals surface area contributed by atoms with Gasteiger partial charge >= 0.3 is 6.18 Å². The Kier molecular flexibility index (Phi) is 4.96. The number of hydrogen-bond donors (Lipinski definition) is 0. The third kappa shape index (κ3) is 3.47. The Labute approximate surface area is 125 Å². The fourth-order valence-electron chi connectivity index (χ4n) is 2.49. The van der Waals surface area contributed by atoms with E-state index in [4.69, 9.17) is 4.74 Å². The molecule has 0 bridgehead atoms. The third-order valence-electron chi connectivity index (χ3n) is 3.68. The van der Waals surface area contributed by atoms with E-state index in [0.29, 0.717) is 5.69 Å². The van der Waals surface area contributed by atoms with Crippen LogP contribution in [0.5, 0.6) is 0 Å². The second-order valence-electron chi connectivity index (χ2n) is 4.89. The first-order valence-electron chi connectivity index (χ1n) is 6.49. The van der Waals surface area contributed by atoms with E-state index in [1.165, 1.54) is 6.07 Å². The van der Waals surface area contributed by atoms with E-state index in [1.54, 1.807) is 19.2 Å².